The van der Waals surface area contributed by atoms with E-state index in [2.05, 4.69) is 16.7 Å². The van der Waals surface area contributed by atoms with Crippen LogP contribution in [0.25, 0.3) is 0 Å². The van der Waals surface area contributed by atoms with Crippen LogP contribution in [0.2, 0.25) is 0 Å². The summed E-state index contributed by atoms with van der Waals surface area (Å²) in [6.45, 7) is 8.62. The second-order valence-corrected chi connectivity index (χ2v) is 6.17. The molecule has 0 spiro atoms. The zero-order valence-corrected chi connectivity index (χ0v) is 14.8. The van der Waals surface area contributed by atoms with Gasteiger partial charge in [-0.2, -0.15) is 0 Å². The third kappa shape index (κ3) is 3.94. The number of benzene rings is 1. The van der Waals surface area contributed by atoms with Gasteiger partial charge in [0.1, 0.15) is 5.56 Å². The lowest BCUT2D eigenvalue weighted by atomic mass is 10.0. The number of rotatable bonds is 6. The molecule has 4 heteroatoms. The predicted molar refractivity (Wildman–Crippen MR) is 95.6 cm³/mol. The molecule has 128 valence electrons. The summed E-state index contributed by atoms with van der Waals surface area (Å²) in [6.07, 6.45) is 0.840. The summed E-state index contributed by atoms with van der Waals surface area (Å²) in [7, 11) is 0. The highest BCUT2D eigenvalue weighted by atomic mass is 16.5. The molecule has 4 nitrogen and oxygen atoms in total. The van der Waals surface area contributed by atoms with Crippen LogP contribution in [-0.4, -0.2) is 17.1 Å². The van der Waals surface area contributed by atoms with Gasteiger partial charge < -0.3 is 9.30 Å². The minimum absolute atomic E-state index is 0.0489. The molecule has 0 unspecified atom stereocenters. The molecule has 0 fully saturated rings. The van der Waals surface area contributed by atoms with Crippen molar-refractivity contribution in [1.82, 2.24) is 4.57 Å². The number of nitrogens with zero attached hydrogens (tertiary/aromatic N) is 1. The molecule has 1 aromatic carbocycles. The van der Waals surface area contributed by atoms with Crippen LogP contribution >= 0.6 is 0 Å². The van der Waals surface area contributed by atoms with E-state index in [1.807, 2.05) is 39.0 Å². The topological polar surface area (TPSA) is 48.3 Å². The monoisotopic (exact) mass is 327 g/mol. The molecule has 2 aromatic rings. The van der Waals surface area contributed by atoms with Crippen LogP contribution in [0.3, 0.4) is 0 Å². The Bertz CT molecular complexity index is 760. The Morgan fingerprint density at radius 1 is 1.21 bits per heavy atom. The molecule has 0 aliphatic carbocycles. The molecule has 0 radical (unpaired) electrons. The summed E-state index contributed by atoms with van der Waals surface area (Å²) in [5.74, 6) is -0.479. The Hall–Kier alpha value is -2.36. The number of ether oxygens (including phenoxy) is 1. The maximum absolute atomic E-state index is 12.4. The van der Waals surface area contributed by atoms with E-state index in [-0.39, 0.29) is 23.5 Å². The van der Waals surface area contributed by atoms with Gasteiger partial charge in [-0.05, 0) is 31.7 Å². The van der Waals surface area contributed by atoms with Crippen LogP contribution in [-0.2, 0) is 17.7 Å². The maximum Gasteiger partial charge on any atom is 0.343 e. The SMILES string of the molecule is CCOC(=O)c1c(C(C)C)n(CCc2ccccc2)c(C)cc1=O. The van der Waals surface area contributed by atoms with Crippen LogP contribution in [0.1, 0.15) is 54.0 Å². The van der Waals surface area contributed by atoms with Gasteiger partial charge in [-0.15, -0.1) is 0 Å². The number of esters is 1. The fraction of sp³-hybridized carbons (Fsp3) is 0.400. The molecule has 1 aromatic heterocycles. The Kier molecular flexibility index (Phi) is 5.96. The van der Waals surface area contributed by atoms with Crippen LogP contribution in [0.5, 0.6) is 0 Å². The van der Waals surface area contributed by atoms with E-state index >= 15 is 0 Å². The van der Waals surface area contributed by atoms with Crippen molar-refractivity contribution in [2.45, 2.75) is 46.6 Å². The second-order valence-electron chi connectivity index (χ2n) is 6.17. The minimum Gasteiger partial charge on any atom is -0.462 e. The first kappa shape index (κ1) is 18.0. The lowest BCUT2D eigenvalue weighted by Crippen LogP contribution is -2.27. The van der Waals surface area contributed by atoms with Gasteiger partial charge in [0.15, 0.2) is 5.43 Å². The highest BCUT2D eigenvalue weighted by Crippen LogP contribution is 2.21. The highest BCUT2D eigenvalue weighted by molar-refractivity contribution is 5.90. The normalized spacial score (nSPS) is 10.9. The van der Waals surface area contributed by atoms with Crippen molar-refractivity contribution in [1.29, 1.82) is 0 Å². The van der Waals surface area contributed by atoms with Gasteiger partial charge in [0.2, 0.25) is 0 Å². The van der Waals surface area contributed by atoms with Crippen LogP contribution in [0.4, 0.5) is 0 Å². The number of aromatic nitrogens is 1. The number of hydrogen-bond acceptors (Lipinski definition) is 3. The Labute approximate surface area is 143 Å². The first-order chi connectivity index (χ1) is 11.5. The van der Waals surface area contributed by atoms with E-state index in [1.54, 1.807) is 6.92 Å². The van der Waals surface area contributed by atoms with E-state index < -0.39 is 5.97 Å². The smallest absolute Gasteiger partial charge is 0.343 e. The average Bonchev–Trinajstić information content (AvgIpc) is 2.54. The molecule has 1 heterocycles. The molecule has 0 amide bonds. The van der Waals surface area contributed by atoms with Crippen molar-refractivity contribution < 1.29 is 9.53 Å². The quantitative estimate of drug-likeness (QED) is 0.760. The molecular weight excluding hydrogens is 302 g/mol. The molecule has 24 heavy (non-hydrogen) atoms. The summed E-state index contributed by atoms with van der Waals surface area (Å²) >= 11 is 0. The van der Waals surface area contributed by atoms with E-state index in [0.29, 0.717) is 0 Å². The van der Waals surface area contributed by atoms with Gasteiger partial charge in [-0.1, -0.05) is 44.2 Å². The number of aryl methyl sites for hydroxylation is 2. The lowest BCUT2D eigenvalue weighted by molar-refractivity contribution is 0.0521. The number of carbonyl (C=O) groups excluding carboxylic acids is 1. The standard InChI is InChI=1S/C20H25NO3/c1-5-24-20(23)18-17(22)13-15(4)21(19(18)14(2)3)12-11-16-9-7-6-8-10-16/h6-10,13-14H,5,11-12H2,1-4H3. The van der Waals surface area contributed by atoms with Gasteiger partial charge in [0.25, 0.3) is 0 Å². The fourth-order valence-corrected chi connectivity index (χ4v) is 2.98. The zero-order valence-electron chi connectivity index (χ0n) is 14.8. The third-order valence-electron chi connectivity index (χ3n) is 4.05. The van der Waals surface area contributed by atoms with Gasteiger partial charge in [0, 0.05) is 24.0 Å². The molecule has 0 atom stereocenters. The minimum atomic E-state index is -0.528. The third-order valence-corrected chi connectivity index (χ3v) is 4.05. The zero-order chi connectivity index (χ0) is 17.7. The summed E-state index contributed by atoms with van der Waals surface area (Å²) in [5, 5.41) is 0. The molecule has 0 saturated heterocycles. The molecule has 0 aliphatic rings. The number of pyridine rings is 1. The lowest BCUT2D eigenvalue weighted by Gasteiger charge is -2.22. The van der Waals surface area contributed by atoms with Crippen molar-refractivity contribution in [2.24, 2.45) is 0 Å². The highest BCUT2D eigenvalue weighted by Gasteiger charge is 2.23. The largest absolute Gasteiger partial charge is 0.462 e. The summed E-state index contributed by atoms with van der Waals surface area (Å²) in [5.41, 5.74) is 2.76. The Morgan fingerprint density at radius 2 is 1.88 bits per heavy atom. The number of carbonyl (C=O) groups is 1. The molecule has 2 rings (SSSR count). The van der Waals surface area contributed by atoms with E-state index in [9.17, 15) is 9.59 Å². The summed E-state index contributed by atoms with van der Waals surface area (Å²) in [4.78, 5) is 24.7. The molecule has 0 bridgehead atoms. The molecule has 0 N–H and O–H groups in total. The molecule has 0 saturated carbocycles. The summed E-state index contributed by atoms with van der Waals surface area (Å²) in [6, 6.07) is 11.7. The average molecular weight is 327 g/mol. The second kappa shape index (κ2) is 7.95. The first-order valence-corrected chi connectivity index (χ1v) is 8.41. The van der Waals surface area contributed by atoms with Crippen molar-refractivity contribution in [3.63, 3.8) is 0 Å². The first-order valence-electron chi connectivity index (χ1n) is 8.41. The molecule has 0 aliphatic heterocycles. The van der Waals surface area contributed by atoms with Crippen molar-refractivity contribution in [3.05, 3.63) is 69.1 Å². The van der Waals surface area contributed by atoms with Gasteiger partial charge >= 0.3 is 5.97 Å². The van der Waals surface area contributed by atoms with Gasteiger partial charge in [-0.3, -0.25) is 4.79 Å². The Morgan fingerprint density at radius 3 is 2.46 bits per heavy atom. The van der Waals surface area contributed by atoms with Crippen LogP contribution in [0.15, 0.2) is 41.2 Å². The van der Waals surface area contributed by atoms with Crippen molar-refractivity contribution in [2.75, 3.05) is 6.61 Å². The number of hydrogen-bond donors (Lipinski definition) is 0. The van der Waals surface area contributed by atoms with E-state index in [4.69, 9.17) is 4.74 Å². The van der Waals surface area contributed by atoms with E-state index in [1.165, 1.54) is 11.6 Å². The summed E-state index contributed by atoms with van der Waals surface area (Å²) < 4.78 is 7.18. The predicted octanol–water partition coefficient (Wildman–Crippen LogP) is 3.70. The molecular formula is C20H25NO3. The maximum atomic E-state index is 12.4. The van der Waals surface area contributed by atoms with Gasteiger partial charge in [0.05, 0.1) is 6.61 Å². The van der Waals surface area contributed by atoms with E-state index in [0.717, 1.165) is 24.4 Å². The van der Waals surface area contributed by atoms with Crippen LogP contribution < -0.4 is 5.43 Å². The van der Waals surface area contributed by atoms with Crippen LogP contribution in [0, 0.1) is 6.92 Å². The van der Waals surface area contributed by atoms with Crippen molar-refractivity contribution in [3.8, 4) is 0 Å². The Balaban J connectivity index is 2.47. The van der Waals surface area contributed by atoms with Crippen molar-refractivity contribution >= 4 is 5.97 Å². The fourth-order valence-electron chi connectivity index (χ4n) is 2.98. The van der Waals surface area contributed by atoms with Gasteiger partial charge in [-0.25, -0.2) is 4.79 Å².